The third kappa shape index (κ3) is 5.15. The van der Waals surface area contributed by atoms with Crippen LogP contribution in [-0.4, -0.2) is 42.8 Å². The minimum atomic E-state index is -0.153. The molecule has 0 bridgehead atoms. The van der Waals surface area contributed by atoms with Gasteiger partial charge in [-0.15, -0.1) is 0 Å². The number of likely N-dealkylation sites (tertiary alicyclic amines) is 1. The van der Waals surface area contributed by atoms with Crippen molar-refractivity contribution in [2.24, 2.45) is 0 Å². The summed E-state index contributed by atoms with van der Waals surface area (Å²) in [7, 11) is 0. The van der Waals surface area contributed by atoms with Crippen LogP contribution in [0.5, 0.6) is 5.75 Å². The van der Waals surface area contributed by atoms with E-state index in [2.05, 4.69) is 16.3 Å². The lowest BCUT2D eigenvalue weighted by Gasteiger charge is -2.26. The van der Waals surface area contributed by atoms with Gasteiger partial charge in [-0.1, -0.05) is 30.7 Å². The van der Waals surface area contributed by atoms with Gasteiger partial charge >= 0.3 is 0 Å². The average molecular weight is 457 g/mol. The summed E-state index contributed by atoms with van der Waals surface area (Å²) in [6.45, 7) is 3.93. The lowest BCUT2D eigenvalue weighted by atomic mass is 9.92. The molecule has 0 spiro atoms. The third-order valence-electron chi connectivity index (χ3n) is 7.05. The Morgan fingerprint density at radius 1 is 0.941 bits per heavy atom. The highest BCUT2D eigenvalue weighted by molar-refractivity contribution is 6.07. The van der Waals surface area contributed by atoms with E-state index in [0.717, 1.165) is 60.6 Å². The summed E-state index contributed by atoms with van der Waals surface area (Å²) in [6, 6.07) is 15.2. The number of nitrogens with zero attached hydrogens (tertiary/aromatic N) is 1. The molecule has 2 aromatic carbocycles. The molecule has 0 radical (unpaired) electrons. The molecule has 0 saturated carbocycles. The molecule has 1 amide bonds. The van der Waals surface area contributed by atoms with Crippen LogP contribution in [0.2, 0.25) is 0 Å². The van der Waals surface area contributed by atoms with Gasteiger partial charge in [0.05, 0.1) is 0 Å². The molecule has 5 rings (SSSR count). The van der Waals surface area contributed by atoms with Crippen molar-refractivity contribution in [3.05, 3.63) is 76.9 Å². The first kappa shape index (κ1) is 22.6. The number of para-hydroxylation sites is 1. The van der Waals surface area contributed by atoms with Crippen molar-refractivity contribution < 1.29 is 14.3 Å². The van der Waals surface area contributed by atoms with Crippen LogP contribution in [0.1, 0.15) is 60.9 Å². The minimum absolute atomic E-state index is 0.153. The fourth-order valence-electron chi connectivity index (χ4n) is 5.16. The van der Waals surface area contributed by atoms with Gasteiger partial charge in [-0.3, -0.25) is 14.5 Å². The lowest BCUT2D eigenvalue weighted by molar-refractivity contribution is -0.116. The molecule has 0 atom stereocenters. The Morgan fingerprint density at radius 3 is 2.53 bits per heavy atom. The second kappa shape index (κ2) is 10.4. The molecule has 5 heteroatoms. The molecule has 0 aromatic heterocycles. The van der Waals surface area contributed by atoms with Crippen LogP contribution in [0.25, 0.3) is 5.57 Å². The van der Waals surface area contributed by atoms with Crippen LogP contribution in [0, 0.1) is 0 Å². The monoisotopic (exact) mass is 456 g/mol. The van der Waals surface area contributed by atoms with E-state index in [4.69, 9.17) is 4.74 Å². The summed E-state index contributed by atoms with van der Waals surface area (Å²) >= 11 is 0. The SMILES string of the molecule is O=C1CCCC2=C1CC(c1ccccc1NC(=O)c1ccc(OCCN3CCCCC3)cc1)=C2. The van der Waals surface area contributed by atoms with Gasteiger partial charge in [0.25, 0.3) is 5.91 Å². The highest BCUT2D eigenvalue weighted by Crippen LogP contribution is 2.40. The number of ether oxygens (including phenoxy) is 1. The molecule has 1 fully saturated rings. The Hall–Kier alpha value is -3.18. The number of piperidine rings is 1. The van der Waals surface area contributed by atoms with E-state index in [1.807, 2.05) is 48.5 Å². The smallest absolute Gasteiger partial charge is 0.255 e. The normalized spacial score (nSPS) is 18.5. The number of amides is 1. The van der Waals surface area contributed by atoms with Gasteiger partial charge in [-0.2, -0.15) is 0 Å². The highest BCUT2D eigenvalue weighted by Gasteiger charge is 2.26. The summed E-state index contributed by atoms with van der Waals surface area (Å²) < 4.78 is 5.89. The fourth-order valence-corrected chi connectivity index (χ4v) is 5.16. The van der Waals surface area contributed by atoms with Crippen LogP contribution in [-0.2, 0) is 4.79 Å². The summed E-state index contributed by atoms with van der Waals surface area (Å²) in [4.78, 5) is 27.7. The molecule has 0 unspecified atom stereocenters. The standard InChI is InChI=1S/C29H32N2O3/c32-28-10-6-7-22-19-23(20-26(22)28)25-8-2-3-9-27(25)30-29(33)21-11-13-24(14-12-21)34-18-17-31-15-4-1-5-16-31/h2-3,8-9,11-14,19H,1,4-7,10,15-18,20H2,(H,30,33). The molecule has 1 N–H and O–H groups in total. The number of carbonyl (C=O) groups excluding carboxylic acids is 2. The van der Waals surface area contributed by atoms with Gasteiger partial charge in [0.2, 0.25) is 0 Å². The third-order valence-corrected chi connectivity index (χ3v) is 7.05. The van der Waals surface area contributed by atoms with Crippen molar-refractivity contribution in [1.29, 1.82) is 0 Å². The van der Waals surface area contributed by atoms with Gasteiger partial charge in [0.1, 0.15) is 12.4 Å². The first-order chi connectivity index (χ1) is 16.7. The van der Waals surface area contributed by atoms with Crippen LogP contribution in [0.15, 0.2) is 65.8 Å². The number of nitrogens with one attached hydrogen (secondary N) is 1. The largest absolute Gasteiger partial charge is 0.492 e. The quantitative estimate of drug-likeness (QED) is 0.586. The number of Topliss-reactive ketones (excluding diaryl/α,β-unsaturated/α-hetero) is 1. The van der Waals surface area contributed by atoms with E-state index in [9.17, 15) is 9.59 Å². The first-order valence-electron chi connectivity index (χ1n) is 12.5. The van der Waals surface area contributed by atoms with Crippen molar-refractivity contribution in [1.82, 2.24) is 4.90 Å². The summed E-state index contributed by atoms with van der Waals surface area (Å²) in [6.07, 6.45) is 9.24. The predicted octanol–water partition coefficient (Wildman–Crippen LogP) is 5.64. The van der Waals surface area contributed by atoms with Crippen LogP contribution in [0.3, 0.4) is 0 Å². The average Bonchev–Trinajstić information content (AvgIpc) is 3.31. The van der Waals surface area contributed by atoms with Crippen LogP contribution in [0.4, 0.5) is 5.69 Å². The van der Waals surface area contributed by atoms with Crippen molar-refractivity contribution >= 4 is 23.0 Å². The fraction of sp³-hybridized carbons (Fsp3) is 0.379. The maximum absolute atomic E-state index is 13.0. The van der Waals surface area contributed by atoms with Crippen molar-refractivity contribution in [2.75, 3.05) is 31.6 Å². The molecule has 3 aliphatic rings. The second-order valence-electron chi connectivity index (χ2n) is 9.40. The number of anilines is 1. The van der Waals surface area contributed by atoms with E-state index >= 15 is 0 Å². The van der Waals surface area contributed by atoms with Gasteiger partial charge in [-0.25, -0.2) is 0 Å². The predicted molar refractivity (Wildman–Crippen MR) is 135 cm³/mol. The van der Waals surface area contributed by atoms with Crippen LogP contribution < -0.4 is 10.1 Å². The van der Waals surface area contributed by atoms with E-state index in [-0.39, 0.29) is 11.7 Å². The summed E-state index contributed by atoms with van der Waals surface area (Å²) in [5.74, 6) is 0.901. The second-order valence-corrected chi connectivity index (χ2v) is 9.40. The Kier molecular flexibility index (Phi) is 6.91. The zero-order chi connectivity index (χ0) is 23.3. The van der Waals surface area contributed by atoms with E-state index < -0.39 is 0 Å². The topological polar surface area (TPSA) is 58.6 Å². The number of allylic oxidation sites excluding steroid dienone is 4. The maximum Gasteiger partial charge on any atom is 0.255 e. The Morgan fingerprint density at radius 2 is 1.74 bits per heavy atom. The van der Waals surface area contributed by atoms with Crippen molar-refractivity contribution in [3.63, 3.8) is 0 Å². The molecular weight excluding hydrogens is 424 g/mol. The number of benzene rings is 2. The highest BCUT2D eigenvalue weighted by atomic mass is 16.5. The zero-order valence-electron chi connectivity index (χ0n) is 19.6. The van der Waals surface area contributed by atoms with Gasteiger partial charge in [0, 0.05) is 41.8 Å². The zero-order valence-corrected chi connectivity index (χ0v) is 19.6. The summed E-state index contributed by atoms with van der Waals surface area (Å²) in [5.41, 5.74) is 5.57. The van der Waals surface area contributed by atoms with Crippen molar-refractivity contribution in [2.45, 2.75) is 44.9 Å². The van der Waals surface area contributed by atoms with Gasteiger partial charge in [0.15, 0.2) is 5.78 Å². The number of hydrogen-bond acceptors (Lipinski definition) is 4. The molecular formula is C29H32N2O3. The van der Waals surface area contributed by atoms with Gasteiger partial charge in [-0.05, 0) is 80.3 Å². The molecule has 34 heavy (non-hydrogen) atoms. The molecule has 2 aromatic rings. The number of rotatable bonds is 7. The van der Waals surface area contributed by atoms with E-state index in [0.29, 0.717) is 25.0 Å². The number of ketones is 1. The molecule has 1 heterocycles. The Bertz CT molecular complexity index is 1120. The molecule has 5 nitrogen and oxygen atoms in total. The lowest BCUT2D eigenvalue weighted by Crippen LogP contribution is -2.33. The minimum Gasteiger partial charge on any atom is -0.492 e. The maximum atomic E-state index is 13.0. The molecule has 2 aliphatic carbocycles. The Balaban J connectivity index is 1.20. The van der Waals surface area contributed by atoms with Gasteiger partial charge < -0.3 is 10.1 Å². The van der Waals surface area contributed by atoms with Crippen molar-refractivity contribution in [3.8, 4) is 5.75 Å². The van der Waals surface area contributed by atoms with Crippen LogP contribution >= 0.6 is 0 Å². The number of hydrogen-bond donors (Lipinski definition) is 1. The summed E-state index contributed by atoms with van der Waals surface area (Å²) in [5, 5.41) is 3.07. The van der Waals surface area contributed by atoms with E-state index in [1.165, 1.54) is 24.8 Å². The molecule has 1 aliphatic heterocycles. The first-order valence-corrected chi connectivity index (χ1v) is 12.5. The molecule has 1 saturated heterocycles. The number of carbonyl (C=O) groups is 2. The Labute approximate surface area is 201 Å². The molecule has 176 valence electrons. The van der Waals surface area contributed by atoms with E-state index in [1.54, 1.807) is 0 Å².